The summed E-state index contributed by atoms with van der Waals surface area (Å²) in [5, 5.41) is 7.37. The second-order valence-corrected chi connectivity index (χ2v) is 7.36. The van der Waals surface area contributed by atoms with Gasteiger partial charge >= 0.3 is 0 Å². The molecule has 4 aromatic rings. The molecule has 1 amide bonds. The molecule has 5 rings (SSSR count). The molecule has 1 aromatic carbocycles. The number of amides is 1. The van der Waals surface area contributed by atoms with Crippen molar-refractivity contribution in [2.75, 3.05) is 18.0 Å². The van der Waals surface area contributed by atoms with Crippen LogP contribution in [-0.4, -0.2) is 49.6 Å². The van der Waals surface area contributed by atoms with Crippen LogP contribution in [0.5, 0.6) is 0 Å². The number of nitrogens with zero attached hydrogens (tertiary/aromatic N) is 6. The van der Waals surface area contributed by atoms with Gasteiger partial charge in [0.1, 0.15) is 6.33 Å². The normalized spacial score (nSPS) is 19.0. The van der Waals surface area contributed by atoms with Crippen LogP contribution in [0.4, 0.5) is 5.95 Å². The van der Waals surface area contributed by atoms with Crippen LogP contribution in [0, 0.1) is 0 Å². The Morgan fingerprint density at radius 1 is 1.00 bits per heavy atom. The standard InChI is InChI=1S/C22H21N7O/c30-21(17-7-8-20-25-15-26-29(20)13-17)27-19-14-28(22-23-10-4-11-24-22)12-9-18(19)16-5-2-1-3-6-16/h1-8,10-11,13,15,18-19H,9,12,14H2,(H,27,30)/t18-,19+/m0/s1. The Kier molecular flexibility index (Phi) is 4.80. The summed E-state index contributed by atoms with van der Waals surface area (Å²) in [4.78, 5) is 28.1. The first kappa shape index (κ1) is 18.2. The largest absolute Gasteiger partial charge is 0.347 e. The number of benzene rings is 1. The van der Waals surface area contributed by atoms with Gasteiger partial charge < -0.3 is 10.2 Å². The van der Waals surface area contributed by atoms with Gasteiger partial charge in [-0.1, -0.05) is 30.3 Å². The molecule has 8 nitrogen and oxygen atoms in total. The molecule has 2 atom stereocenters. The predicted octanol–water partition coefficient (Wildman–Crippen LogP) is 2.31. The maximum atomic E-state index is 13.1. The van der Waals surface area contributed by atoms with E-state index in [0.717, 1.165) is 13.0 Å². The molecule has 3 aromatic heterocycles. The highest BCUT2D eigenvalue weighted by molar-refractivity contribution is 5.94. The van der Waals surface area contributed by atoms with Gasteiger partial charge in [-0.3, -0.25) is 4.79 Å². The summed E-state index contributed by atoms with van der Waals surface area (Å²) in [6, 6.07) is 15.6. The summed E-state index contributed by atoms with van der Waals surface area (Å²) >= 11 is 0. The molecule has 0 spiro atoms. The Hall–Kier alpha value is -3.81. The molecule has 4 heterocycles. The van der Waals surface area contributed by atoms with E-state index in [2.05, 4.69) is 42.4 Å². The molecule has 0 unspecified atom stereocenters. The van der Waals surface area contributed by atoms with Crippen molar-refractivity contribution in [1.82, 2.24) is 29.9 Å². The molecule has 150 valence electrons. The summed E-state index contributed by atoms with van der Waals surface area (Å²) in [6.07, 6.45) is 7.56. The molecular weight excluding hydrogens is 378 g/mol. The van der Waals surface area contributed by atoms with Crippen LogP contribution in [0.2, 0.25) is 0 Å². The lowest BCUT2D eigenvalue weighted by molar-refractivity contribution is 0.0927. The Bertz CT molecular complexity index is 1150. The predicted molar refractivity (Wildman–Crippen MR) is 112 cm³/mol. The van der Waals surface area contributed by atoms with Crippen molar-refractivity contribution < 1.29 is 4.79 Å². The molecular formula is C22H21N7O. The van der Waals surface area contributed by atoms with E-state index >= 15 is 0 Å². The van der Waals surface area contributed by atoms with Gasteiger partial charge in [-0.2, -0.15) is 5.10 Å². The number of piperidine rings is 1. The number of aromatic nitrogens is 5. The number of hydrogen-bond acceptors (Lipinski definition) is 6. The number of anilines is 1. The molecule has 0 aliphatic carbocycles. The lowest BCUT2D eigenvalue weighted by atomic mass is 9.85. The zero-order chi connectivity index (χ0) is 20.3. The van der Waals surface area contributed by atoms with Crippen molar-refractivity contribution in [3.8, 4) is 0 Å². The fourth-order valence-corrected chi connectivity index (χ4v) is 4.04. The first-order valence-corrected chi connectivity index (χ1v) is 9.95. The number of nitrogens with one attached hydrogen (secondary N) is 1. The zero-order valence-electron chi connectivity index (χ0n) is 16.3. The number of carbonyl (C=O) groups is 1. The summed E-state index contributed by atoms with van der Waals surface area (Å²) in [5.74, 6) is 0.770. The van der Waals surface area contributed by atoms with Gasteiger partial charge in [-0.25, -0.2) is 19.5 Å². The van der Waals surface area contributed by atoms with Gasteiger partial charge in [-0.05, 0) is 30.2 Å². The highest BCUT2D eigenvalue weighted by atomic mass is 16.1. The Balaban J connectivity index is 1.41. The summed E-state index contributed by atoms with van der Waals surface area (Å²) in [5.41, 5.74) is 2.48. The minimum Gasteiger partial charge on any atom is -0.347 e. The molecule has 8 heteroatoms. The highest BCUT2D eigenvalue weighted by Crippen LogP contribution is 2.30. The van der Waals surface area contributed by atoms with Crippen LogP contribution < -0.4 is 10.2 Å². The first-order valence-electron chi connectivity index (χ1n) is 9.95. The van der Waals surface area contributed by atoms with Crippen LogP contribution in [-0.2, 0) is 0 Å². The van der Waals surface area contributed by atoms with Crippen LogP contribution in [0.15, 0.2) is 73.4 Å². The third kappa shape index (κ3) is 3.59. The molecule has 1 fully saturated rings. The maximum absolute atomic E-state index is 13.1. The fourth-order valence-electron chi connectivity index (χ4n) is 4.04. The highest BCUT2D eigenvalue weighted by Gasteiger charge is 2.32. The topological polar surface area (TPSA) is 88.3 Å². The monoisotopic (exact) mass is 399 g/mol. The number of carbonyl (C=O) groups excluding carboxylic acids is 1. The fraction of sp³-hybridized carbons (Fsp3) is 0.227. The molecule has 1 aliphatic heterocycles. The van der Waals surface area contributed by atoms with Crippen molar-refractivity contribution in [3.05, 3.63) is 84.6 Å². The molecule has 0 saturated carbocycles. The second kappa shape index (κ2) is 7.90. The smallest absolute Gasteiger partial charge is 0.253 e. The van der Waals surface area contributed by atoms with Crippen LogP contribution in [0.1, 0.15) is 28.3 Å². The van der Waals surface area contributed by atoms with Gasteiger partial charge in [0.25, 0.3) is 5.91 Å². The van der Waals surface area contributed by atoms with Gasteiger partial charge in [0.15, 0.2) is 5.65 Å². The average Bonchev–Trinajstić information content (AvgIpc) is 3.28. The van der Waals surface area contributed by atoms with Crippen LogP contribution in [0.25, 0.3) is 5.65 Å². The number of rotatable bonds is 4. The van der Waals surface area contributed by atoms with Crippen LogP contribution >= 0.6 is 0 Å². The minimum atomic E-state index is -0.130. The van der Waals surface area contributed by atoms with Crippen molar-refractivity contribution in [1.29, 1.82) is 0 Å². The zero-order valence-corrected chi connectivity index (χ0v) is 16.3. The third-order valence-corrected chi connectivity index (χ3v) is 5.53. The van der Waals surface area contributed by atoms with E-state index in [1.807, 2.05) is 18.2 Å². The molecule has 0 bridgehead atoms. The number of hydrogen-bond donors (Lipinski definition) is 1. The SMILES string of the molecule is O=C(N[C@@H]1CN(c2ncccn2)CC[C@H]1c1ccccc1)c1ccc2ncnn2c1. The summed E-state index contributed by atoms with van der Waals surface area (Å²) in [7, 11) is 0. The van der Waals surface area contributed by atoms with Gasteiger partial charge in [0, 0.05) is 37.6 Å². The van der Waals surface area contributed by atoms with Gasteiger partial charge in [0.2, 0.25) is 5.95 Å². The molecule has 1 aliphatic rings. The first-order chi connectivity index (χ1) is 14.8. The molecule has 30 heavy (non-hydrogen) atoms. The Morgan fingerprint density at radius 2 is 1.83 bits per heavy atom. The maximum Gasteiger partial charge on any atom is 0.253 e. The second-order valence-electron chi connectivity index (χ2n) is 7.36. The van der Waals surface area contributed by atoms with E-state index in [1.54, 1.807) is 41.3 Å². The van der Waals surface area contributed by atoms with Crippen molar-refractivity contribution >= 4 is 17.5 Å². The molecule has 1 saturated heterocycles. The molecule has 0 radical (unpaired) electrons. The van der Waals surface area contributed by atoms with E-state index in [-0.39, 0.29) is 17.9 Å². The lowest BCUT2D eigenvalue weighted by Gasteiger charge is -2.39. The van der Waals surface area contributed by atoms with E-state index in [9.17, 15) is 4.79 Å². The van der Waals surface area contributed by atoms with E-state index < -0.39 is 0 Å². The van der Waals surface area contributed by atoms with E-state index in [0.29, 0.717) is 23.7 Å². The minimum absolute atomic E-state index is 0.0797. The Labute approximate surface area is 173 Å². The van der Waals surface area contributed by atoms with Gasteiger partial charge in [0.05, 0.1) is 11.6 Å². The number of fused-ring (bicyclic) bond motifs is 1. The third-order valence-electron chi connectivity index (χ3n) is 5.53. The summed E-state index contributed by atoms with van der Waals surface area (Å²) < 4.78 is 1.61. The van der Waals surface area contributed by atoms with Crippen molar-refractivity contribution in [3.63, 3.8) is 0 Å². The van der Waals surface area contributed by atoms with E-state index in [4.69, 9.17) is 0 Å². The summed E-state index contributed by atoms with van der Waals surface area (Å²) in [6.45, 7) is 1.47. The number of pyridine rings is 1. The van der Waals surface area contributed by atoms with Gasteiger partial charge in [-0.15, -0.1) is 0 Å². The quantitative estimate of drug-likeness (QED) is 0.567. The van der Waals surface area contributed by atoms with E-state index in [1.165, 1.54) is 11.9 Å². The Morgan fingerprint density at radius 3 is 2.67 bits per heavy atom. The molecule has 1 N–H and O–H groups in total. The average molecular weight is 399 g/mol. The van der Waals surface area contributed by atoms with Crippen LogP contribution in [0.3, 0.4) is 0 Å². The lowest BCUT2D eigenvalue weighted by Crippen LogP contribution is -2.52. The van der Waals surface area contributed by atoms with Crippen molar-refractivity contribution in [2.45, 2.75) is 18.4 Å². The van der Waals surface area contributed by atoms with Crippen molar-refractivity contribution in [2.24, 2.45) is 0 Å².